The SMILES string of the molecule is CCCCC(=O)OCC(=O)N(C)CC(=O)Nc1cccc(OC)c1. The Hall–Kier alpha value is -2.57. The minimum Gasteiger partial charge on any atom is -0.497 e. The van der Waals surface area contributed by atoms with Crippen LogP contribution in [-0.4, -0.2) is 50.0 Å². The molecule has 1 aromatic carbocycles. The number of benzene rings is 1. The molecule has 0 bridgehead atoms. The van der Waals surface area contributed by atoms with Crippen LogP contribution in [0.2, 0.25) is 0 Å². The van der Waals surface area contributed by atoms with Crippen molar-refractivity contribution in [2.24, 2.45) is 0 Å². The maximum absolute atomic E-state index is 12.0. The molecule has 2 amide bonds. The number of nitrogens with zero attached hydrogens (tertiary/aromatic N) is 1. The van der Waals surface area contributed by atoms with E-state index in [-0.39, 0.29) is 19.1 Å². The zero-order chi connectivity index (χ0) is 17.9. The number of ether oxygens (including phenoxy) is 2. The molecular weight excluding hydrogens is 312 g/mol. The number of hydrogen-bond donors (Lipinski definition) is 1. The summed E-state index contributed by atoms with van der Waals surface area (Å²) in [5, 5.41) is 2.67. The molecule has 0 atom stereocenters. The number of hydrogen-bond acceptors (Lipinski definition) is 5. The highest BCUT2D eigenvalue weighted by molar-refractivity contribution is 5.94. The van der Waals surface area contributed by atoms with Crippen LogP contribution >= 0.6 is 0 Å². The van der Waals surface area contributed by atoms with Crippen molar-refractivity contribution in [3.05, 3.63) is 24.3 Å². The van der Waals surface area contributed by atoms with Crippen LogP contribution in [0, 0.1) is 0 Å². The molecule has 0 fully saturated rings. The lowest BCUT2D eigenvalue weighted by Crippen LogP contribution is -2.37. The topological polar surface area (TPSA) is 84.9 Å². The van der Waals surface area contributed by atoms with Gasteiger partial charge >= 0.3 is 5.97 Å². The summed E-state index contributed by atoms with van der Waals surface area (Å²) in [5.41, 5.74) is 0.575. The number of rotatable bonds is 9. The number of methoxy groups -OCH3 is 1. The van der Waals surface area contributed by atoms with Crippen LogP contribution in [0.4, 0.5) is 5.69 Å². The molecule has 0 heterocycles. The Bertz CT molecular complexity index is 574. The molecule has 0 spiro atoms. The number of esters is 1. The Balaban J connectivity index is 2.39. The molecule has 0 saturated heterocycles. The standard InChI is InChI=1S/C17H24N2O5/c1-4-5-9-17(22)24-12-16(21)19(2)11-15(20)18-13-7-6-8-14(10-13)23-3/h6-8,10H,4-5,9,11-12H2,1-3H3,(H,18,20). The van der Waals surface area contributed by atoms with E-state index in [2.05, 4.69) is 5.32 Å². The van der Waals surface area contributed by atoms with Gasteiger partial charge in [-0.2, -0.15) is 0 Å². The van der Waals surface area contributed by atoms with Gasteiger partial charge in [-0.1, -0.05) is 19.4 Å². The maximum atomic E-state index is 12.0. The van der Waals surface area contributed by atoms with Crippen LogP contribution in [-0.2, 0) is 19.1 Å². The van der Waals surface area contributed by atoms with Crippen molar-refractivity contribution in [1.82, 2.24) is 4.90 Å². The Morgan fingerprint density at radius 2 is 2.00 bits per heavy atom. The summed E-state index contributed by atoms with van der Waals surface area (Å²) >= 11 is 0. The van der Waals surface area contributed by atoms with Gasteiger partial charge in [-0.05, 0) is 18.6 Å². The van der Waals surface area contributed by atoms with Gasteiger partial charge in [0.25, 0.3) is 5.91 Å². The summed E-state index contributed by atoms with van der Waals surface area (Å²) in [5.74, 6) is -0.562. The van der Waals surface area contributed by atoms with Gasteiger partial charge in [-0.15, -0.1) is 0 Å². The third-order valence-electron chi connectivity index (χ3n) is 3.25. The Labute approximate surface area is 141 Å². The van der Waals surface area contributed by atoms with Crippen molar-refractivity contribution in [2.45, 2.75) is 26.2 Å². The number of likely N-dealkylation sites (N-methyl/N-ethyl adjacent to an activating group) is 1. The molecule has 24 heavy (non-hydrogen) atoms. The van der Waals surface area contributed by atoms with Crippen LogP contribution in [0.3, 0.4) is 0 Å². The van der Waals surface area contributed by atoms with E-state index in [1.807, 2.05) is 6.92 Å². The fourth-order valence-electron chi connectivity index (χ4n) is 1.85. The summed E-state index contributed by atoms with van der Waals surface area (Å²) in [6, 6.07) is 6.91. The van der Waals surface area contributed by atoms with Gasteiger partial charge in [0.05, 0.1) is 13.7 Å². The summed E-state index contributed by atoms with van der Waals surface area (Å²) in [6.07, 6.45) is 1.91. The molecule has 1 rings (SSSR count). The van der Waals surface area contributed by atoms with Crippen molar-refractivity contribution in [2.75, 3.05) is 32.6 Å². The fraction of sp³-hybridized carbons (Fsp3) is 0.471. The van der Waals surface area contributed by atoms with E-state index in [1.54, 1.807) is 24.3 Å². The number of anilines is 1. The second-order valence-corrected chi connectivity index (χ2v) is 5.29. The van der Waals surface area contributed by atoms with Crippen LogP contribution in [0.1, 0.15) is 26.2 Å². The number of amides is 2. The molecule has 0 aliphatic rings. The van der Waals surface area contributed by atoms with E-state index < -0.39 is 11.9 Å². The quantitative estimate of drug-likeness (QED) is 0.695. The lowest BCUT2D eigenvalue weighted by atomic mass is 10.2. The first-order valence-electron chi connectivity index (χ1n) is 7.79. The van der Waals surface area contributed by atoms with Gasteiger partial charge in [0, 0.05) is 25.2 Å². The van der Waals surface area contributed by atoms with E-state index in [4.69, 9.17) is 9.47 Å². The van der Waals surface area contributed by atoms with E-state index in [0.717, 1.165) is 12.8 Å². The number of carbonyl (C=O) groups excluding carboxylic acids is 3. The van der Waals surface area contributed by atoms with Crippen molar-refractivity contribution in [3.8, 4) is 5.75 Å². The smallest absolute Gasteiger partial charge is 0.306 e. The molecular formula is C17H24N2O5. The lowest BCUT2D eigenvalue weighted by molar-refractivity contribution is -0.151. The van der Waals surface area contributed by atoms with Crippen LogP contribution in [0.15, 0.2) is 24.3 Å². The third-order valence-corrected chi connectivity index (χ3v) is 3.25. The Morgan fingerprint density at radius 3 is 2.67 bits per heavy atom. The van der Waals surface area contributed by atoms with Gasteiger partial charge in [0.2, 0.25) is 5.91 Å². The monoisotopic (exact) mass is 336 g/mol. The van der Waals surface area contributed by atoms with Crippen molar-refractivity contribution in [3.63, 3.8) is 0 Å². The summed E-state index contributed by atoms with van der Waals surface area (Å²) in [7, 11) is 3.02. The fourth-order valence-corrected chi connectivity index (χ4v) is 1.85. The van der Waals surface area contributed by atoms with Crippen molar-refractivity contribution >= 4 is 23.5 Å². The lowest BCUT2D eigenvalue weighted by Gasteiger charge is -2.17. The van der Waals surface area contributed by atoms with Crippen LogP contribution < -0.4 is 10.1 Å². The summed E-state index contributed by atoms with van der Waals surface area (Å²) in [4.78, 5) is 36.4. The first kappa shape index (κ1) is 19.5. The second-order valence-electron chi connectivity index (χ2n) is 5.29. The highest BCUT2D eigenvalue weighted by Gasteiger charge is 2.15. The predicted molar refractivity (Wildman–Crippen MR) is 89.7 cm³/mol. The van der Waals surface area contributed by atoms with Crippen molar-refractivity contribution in [1.29, 1.82) is 0 Å². The van der Waals surface area contributed by atoms with Gasteiger partial charge < -0.3 is 19.7 Å². The second kappa shape index (κ2) is 10.3. The number of unbranched alkanes of at least 4 members (excludes halogenated alkanes) is 1. The number of carbonyl (C=O) groups is 3. The van der Waals surface area contributed by atoms with Gasteiger partial charge in [-0.3, -0.25) is 14.4 Å². The molecule has 0 unspecified atom stereocenters. The molecule has 0 aliphatic heterocycles. The van der Waals surface area contributed by atoms with Crippen LogP contribution in [0.25, 0.3) is 0 Å². The van der Waals surface area contributed by atoms with E-state index in [9.17, 15) is 14.4 Å². The first-order chi connectivity index (χ1) is 11.5. The van der Waals surface area contributed by atoms with E-state index in [1.165, 1.54) is 19.1 Å². The Kier molecular flexibility index (Phi) is 8.32. The molecule has 1 N–H and O–H groups in total. The average molecular weight is 336 g/mol. The summed E-state index contributed by atoms with van der Waals surface area (Å²) in [6.45, 7) is 1.47. The molecule has 132 valence electrons. The van der Waals surface area contributed by atoms with Gasteiger partial charge in [0.15, 0.2) is 6.61 Å². The zero-order valence-electron chi connectivity index (χ0n) is 14.3. The normalized spacial score (nSPS) is 9.96. The zero-order valence-corrected chi connectivity index (χ0v) is 14.3. The van der Waals surface area contributed by atoms with Crippen LogP contribution in [0.5, 0.6) is 5.75 Å². The van der Waals surface area contributed by atoms with Gasteiger partial charge in [-0.25, -0.2) is 0 Å². The number of nitrogens with one attached hydrogen (secondary N) is 1. The third kappa shape index (κ3) is 7.13. The Morgan fingerprint density at radius 1 is 1.25 bits per heavy atom. The predicted octanol–water partition coefficient (Wildman–Crippen LogP) is 1.83. The average Bonchev–Trinajstić information content (AvgIpc) is 2.57. The molecule has 0 radical (unpaired) electrons. The minimum absolute atomic E-state index is 0.136. The minimum atomic E-state index is -0.430. The summed E-state index contributed by atoms with van der Waals surface area (Å²) < 4.78 is 9.95. The molecule has 0 aromatic heterocycles. The largest absolute Gasteiger partial charge is 0.497 e. The maximum Gasteiger partial charge on any atom is 0.306 e. The highest BCUT2D eigenvalue weighted by atomic mass is 16.5. The molecule has 1 aromatic rings. The van der Waals surface area contributed by atoms with E-state index >= 15 is 0 Å². The highest BCUT2D eigenvalue weighted by Crippen LogP contribution is 2.16. The van der Waals surface area contributed by atoms with E-state index in [0.29, 0.717) is 17.9 Å². The molecule has 7 heteroatoms. The molecule has 7 nitrogen and oxygen atoms in total. The van der Waals surface area contributed by atoms with Crippen molar-refractivity contribution < 1.29 is 23.9 Å². The molecule has 0 saturated carbocycles. The first-order valence-corrected chi connectivity index (χ1v) is 7.79. The molecule has 0 aliphatic carbocycles. The van der Waals surface area contributed by atoms with Gasteiger partial charge in [0.1, 0.15) is 5.75 Å².